The molecule has 1 aromatic carbocycles. The van der Waals surface area contributed by atoms with E-state index in [2.05, 4.69) is 0 Å². The number of anilines is 1. The highest BCUT2D eigenvalue weighted by Crippen LogP contribution is 2.34. The average molecular weight is 239 g/mol. The zero-order valence-corrected chi connectivity index (χ0v) is 9.47. The molecule has 1 aliphatic heterocycles. The van der Waals surface area contributed by atoms with Gasteiger partial charge in [-0.25, -0.2) is 4.39 Å². The van der Waals surface area contributed by atoms with Crippen LogP contribution in [0.1, 0.15) is 6.92 Å². The van der Waals surface area contributed by atoms with Crippen molar-refractivity contribution in [3.05, 3.63) is 34.1 Å². The van der Waals surface area contributed by atoms with Crippen molar-refractivity contribution in [1.82, 2.24) is 0 Å². The lowest BCUT2D eigenvalue weighted by atomic mass is 10.1. The van der Waals surface area contributed by atoms with Gasteiger partial charge in [0.2, 0.25) is 0 Å². The Morgan fingerprint density at radius 2 is 2.24 bits per heavy atom. The predicted octanol–water partition coefficient (Wildman–Crippen LogP) is 1.52. The Morgan fingerprint density at radius 3 is 2.76 bits per heavy atom. The number of rotatable bonds is 2. The Morgan fingerprint density at radius 1 is 1.53 bits per heavy atom. The number of hydrogen-bond donors (Lipinski definition) is 1. The van der Waals surface area contributed by atoms with Gasteiger partial charge in [-0.15, -0.1) is 0 Å². The Kier molecular flexibility index (Phi) is 2.97. The second-order valence-corrected chi connectivity index (χ2v) is 4.41. The predicted molar refractivity (Wildman–Crippen MR) is 62.4 cm³/mol. The summed E-state index contributed by atoms with van der Waals surface area (Å²) >= 11 is 0. The highest BCUT2D eigenvalue weighted by molar-refractivity contribution is 5.64. The van der Waals surface area contributed by atoms with Gasteiger partial charge in [0.25, 0.3) is 5.69 Å². The van der Waals surface area contributed by atoms with Crippen LogP contribution in [0.15, 0.2) is 18.2 Å². The molecular formula is C11H14FN3O2. The van der Waals surface area contributed by atoms with Crippen molar-refractivity contribution >= 4 is 11.4 Å². The van der Waals surface area contributed by atoms with E-state index in [4.69, 9.17) is 5.73 Å². The monoisotopic (exact) mass is 239 g/mol. The van der Waals surface area contributed by atoms with E-state index in [0.717, 1.165) is 0 Å². The summed E-state index contributed by atoms with van der Waals surface area (Å²) in [4.78, 5) is 12.0. The number of benzene rings is 1. The van der Waals surface area contributed by atoms with E-state index < -0.39 is 10.7 Å². The van der Waals surface area contributed by atoms with Gasteiger partial charge in [0.1, 0.15) is 0 Å². The molecule has 0 radical (unpaired) electrons. The minimum Gasteiger partial charge on any atom is -0.362 e. The van der Waals surface area contributed by atoms with E-state index in [9.17, 15) is 14.5 Å². The van der Waals surface area contributed by atoms with Gasteiger partial charge in [0.05, 0.1) is 4.92 Å². The largest absolute Gasteiger partial charge is 0.362 e. The van der Waals surface area contributed by atoms with E-state index in [1.807, 2.05) is 6.92 Å². The molecule has 0 saturated carbocycles. The number of nitro groups is 1. The second-order valence-electron chi connectivity index (χ2n) is 4.41. The van der Waals surface area contributed by atoms with Crippen molar-refractivity contribution in [2.75, 3.05) is 18.0 Å². The Bertz CT molecular complexity index is 442. The number of halogens is 1. The van der Waals surface area contributed by atoms with Gasteiger partial charge in [-0.3, -0.25) is 10.1 Å². The van der Waals surface area contributed by atoms with Gasteiger partial charge in [-0.2, -0.15) is 0 Å². The molecule has 1 aromatic rings. The van der Waals surface area contributed by atoms with Gasteiger partial charge in [0.15, 0.2) is 11.5 Å². The molecule has 0 bridgehead atoms. The Hall–Kier alpha value is -1.69. The lowest BCUT2D eigenvalue weighted by molar-refractivity contribution is -0.384. The first-order valence-corrected chi connectivity index (χ1v) is 5.44. The topological polar surface area (TPSA) is 72.4 Å². The molecular weight excluding hydrogens is 225 g/mol. The minimum atomic E-state index is -0.569. The molecule has 0 aromatic heterocycles. The summed E-state index contributed by atoms with van der Waals surface area (Å²) in [5.74, 6) is -0.366. The smallest absolute Gasteiger partial charge is 0.295 e. The third-order valence-electron chi connectivity index (χ3n) is 3.15. The number of nitro benzene ring substituents is 1. The van der Waals surface area contributed by atoms with Gasteiger partial charge in [-0.05, 0) is 12.0 Å². The highest BCUT2D eigenvalue weighted by Gasteiger charge is 2.32. The molecule has 2 rings (SSSR count). The molecule has 5 nitrogen and oxygen atoms in total. The third-order valence-corrected chi connectivity index (χ3v) is 3.15. The van der Waals surface area contributed by atoms with Crippen molar-refractivity contribution in [2.24, 2.45) is 11.7 Å². The van der Waals surface area contributed by atoms with Crippen LogP contribution in [0.3, 0.4) is 0 Å². The van der Waals surface area contributed by atoms with Crippen molar-refractivity contribution in [1.29, 1.82) is 0 Å². The molecule has 17 heavy (non-hydrogen) atoms. The van der Waals surface area contributed by atoms with E-state index in [1.54, 1.807) is 4.90 Å². The summed E-state index contributed by atoms with van der Waals surface area (Å²) in [6.45, 7) is 2.95. The zero-order valence-electron chi connectivity index (χ0n) is 9.47. The van der Waals surface area contributed by atoms with Crippen LogP contribution in [-0.4, -0.2) is 24.1 Å². The van der Waals surface area contributed by atoms with Crippen molar-refractivity contribution < 1.29 is 9.31 Å². The molecule has 0 aliphatic carbocycles. The molecule has 2 N–H and O–H groups in total. The number of nitrogens with two attached hydrogens (primary N) is 1. The fraction of sp³-hybridized carbons (Fsp3) is 0.455. The minimum absolute atomic E-state index is 0.0531. The molecule has 2 atom stereocenters. The summed E-state index contributed by atoms with van der Waals surface area (Å²) in [7, 11) is 0. The summed E-state index contributed by atoms with van der Waals surface area (Å²) in [5, 5.41) is 10.9. The van der Waals surface area contributed by atoms with Crippen LogP contribution in [-0.2, 0) is 0 Å². The first-order valence-electron chi connectivity index (χ1n) is 5.44. The summed E-state index contributed by atoms with van der Waals surface area (Å²) in [6.07, 6.45) is 0. The van der Waals surface area contributed by atoms with Crippen molar-refractivity contribution in [3.8, 4) is 0 Å². The van der Waals surface area contributed by atoms with Gasteiger partial charge in [0, 0.05) is 25.2 Å². The second kappa shape index (κ2) is 4.29. The molecule has 1 heterocycles. The van der Waals surface area contributed by atoms with Crippen LogP contribution >= 0.6 is 0 Å². The van der Waals surface area contributed by atoms with Crippen molar-refractivity contribution in [3.63, 3.8) is 0 Å². The van der Waals surface area contributed by atoms with Gasteiger partial charge >= 0.3 is 0 Å². The fourth-order valence-corrected chi connectivity index (χ4v) is 2.14. The van der Waals surface area contributed by atoms with Crippen LogP contribution in [0.5, 0.6) is 0 Å². The van der Waals surface area contributed by atoms with E-state index >= 15 is 0 Å². The molecule has 2 unspecified atom stereocenters. The van der Waals surface area contributed by atoms with Crippen LogP contribution in [0, 0.1) is 21.8 Å². The number of hydrogen-bond acceptors (Lipinski definition) is 4. The summed E-state index contributed by atoms with van der Waals surface area (Å²) in [5.41, 5.74) is 5.70. The van der Waals surface area contributed by atoms with E-state index in [1.165, 1.54) is 18.2 Å². The zero-order chi connectivity index (χ0) is 12.6. The van der Waals surface area contributed by atoms with Crippen LogP contribution < -0.4 is 10.6 Å². The number of nitrogens with zero attached hydrogens (tertiary/aromatic N) is 2. The van der Waals surface area contributed by atoms with Crippen LogP contribution in [0.2, 0.25) is 0 Å². The Balaban J connectivity index is 2.41. The Labute approximate surface area is 98.2 Å². The SMILES string of the molecule is CC1CN(c2c(F)cccc2[N+](=O)[O-])CC1N. The standard InChI is InChI=1S/C11H14FN3O2/c1-7-5-14(6-9(7)13)11-8(12)3-2-4-10(11)15(16)17/h2-4,7,9H,5-6,13H2,1H3. The van der Waals surface area contributed by atoms with Gasteiger partial charge in [-0.1, -0.05) is 13.0 Å². The van der Waals surface area contributed by atoms with Gasteiger partial charge < -0.3 is 10.6 Å². The molecule has 1 saturated heterocycles. The first kappa shape index (κ1) is 11.8. The maximum absolute atomic E-state index is 13.7. The first-order chi connectivity index (χ1) is 8.00. The van der Waals surface area contributed by atoms with E-state index in [0.29, 0.717) is 13.1 Å². The lowest BCUT2D eigenvalue weighted by Gasteiger charge is -2.18. The van der Waals surface area contributed by atoms with Crippen LogP contribution in [0.25, 0.3) is 0 Å². The third kappa shape index (κ3) is 2.08. The van der Waals surface area contributed by atoms with E-state index in [-0.39, 0.29) is 23.3 Å². The average Bonchev–Trinajstić information content (AvgIpc) is 2.58. The normalized spacial score (nSPS) is 24.1. The fourth-order valence-electron chi connectivity index (χ4n) is 2.14. The summed E-state index contributed by atoms with van der Waals surface area (Å²) < 4.78 is 13.7. The lowest BCUT2D eigenvalue weighted by Crippen LogP contribution is -2.29. The maximum Gasteiger partial charge on any atom is 0.295 e. The molecule has 1 aliphatic rings. The summed E-state index contributed by atoms with van der Waals surface area (Å²) in [6, 6.07) is 3.81. The highest BCUT2D eigenvalue weighted by atomic mass is 19.1. The quantitative estimate of drug-likeness (QED) is 0.627. The van der Waals surface area contributed by atoms with Crippen LogP contribution in [0.4, 0.5) is 15.8 Å². The molecule has 92 valence electrons. The molecule has 0 spiro atoms. The van der Waals surface area contributed by atoms with Crippen molar-refractivity contribution in [2.45, 2.75) is 13.0 Å². The maximum atomic E-state index is 13.7. The number of para-hydroxylation sites is 1. The molecule has 0 amide bonds. The molecule has 6 heteroatoms. The molecule has 1 fully saturated rings.